The van der Waals surface area contributed by atoms with Crippen LogP contribution in [-0.2, 0) is 6.61 Å². The van der Waals surface area contributed by atoms with Gasteiger partial charge in [0, 0.05) is 0 Å². The minimum atomic E-state index is -0.610. The number of nitrogens with two attached hydrogens (primary N) is 2. The van der Waals surface area contributed by atoms with Gasteiger partial charge >= 0.3 is 0 Å². The first-order chi connectivity index (χ1) is 8.18. The summed E-state index contributed by atoms with van der Waals surface area (Å²) in [7, 11) is 0. The van der Waals surface area contributed by atoms with Gasteiger partial charge in [0.05, 0.1) is 11.4 Å². The third-order valence-corrected chi connectivity index (χ3v) is 2.42. The van der Waals surface area contributed by atoms with Crippen LogP contribution in [0.25, 0.3) is 0 Å². The van der Waals surface area contributed by atoms with Gasteiger partial charge in [-0.15, -0.1) is 0 Å². The molecule has 0 unspecified atom stereocenters. The van der Waals surface area contributed by atoms with Crippen LogP contribution in [-0.4, -0.2) is 0 Å². The van der Waals surface area contributed by atoms with E-state index in [1.807, 2.05) is 30.3 Å². The smallest absolute Gasteiger partial charge is 0.190 e. The molecule has 2 rings (SSSR count). The zero-order chi connectivity index (χ0) is 12.3. The molecule has 0 bridgehead atoms. The Kier molecular flexibility index (Phi) is 3.14. The lowest BCUT2D eigenvalue weighted by molar-refractivity contribution is 0.291. The highest BCUT2D eigenvalue weighted by Crippen LogP contribution is 2.27. The average molecular weight is 232 g/mol. The number of ether oxygens (including phenoxy) is 1. The van der Waals surface area contributed by atoms with Crippen LogP contribution in [0.3, 0.4) is 0 Å². The van der Waals surface area contributed by atoms with Gasteiger partial charge < -0.3 is 16.2 Å². The summed E-state index contributed by atoms with van der Waals surface area (Å²) in [4.78, 5) is 0. The maximum absolute atomic E-state index is 13.6. The molecule has 0 heterocycles. The maximum atomic E-state index is 13.6. The van der Waals surface area contributed by atoms with Gasteiger partial charge in [-0.2, -0.15) is 0 Å². The summed E-state index contributed by atoms with van der Waals surface area (Å²) < 4.78 is 19.0. The summed E-state index contributed by atoms with van der Waals surface area (Å²) in [5.41, 5.74) is 12.1. The van der Waals surface area contributed by atoms with Gasteiger partial charge in [0.1, 0.15) is 6.61 Å². The van der Waals surface area contributed by atoms with Crippen LogP contribution >= 0.6 is 0 Å². The van der Waals surface area contributed by atoms with Crippen molar-refractivity contribution in [2.24, 2.45) is 0 Å². The number of hydrogen-bond acceptors (Lipinski definition) is 3. The van der Waals surface area contributed by atoms with E-state index in [0.29, 0.717) is 6.61 Å². The van der Waals surface area contributed by atoms with Crippen molar-refractivity contribution in [2.45, 2.75) is 6.61 Å². The van der Waals surface area contributed by atoms with Crippen molar-refractivity contribution in [3.05, 3.63) is 53.8 Å². The van der Waals surface area contributed by atoms with Crippen LogP contribution in [0.5, 0.6) is 5.75 Å². The Labute approximate surface area is 98.8 Å². The number of nitrogen functional groups attached to an aromatic ring is 2. The Hall–Kier alpha value is -2.23. The van der Waals surface area contributed by atoms with Gasteiger partial charge in [0.25, 0.3) is 0 Å². The topological polar surface area (TPSA) is 61.3 Å². The summed E-state index contributed by atoms with van der Waals surface area (Å²) in [5, 5.41) is 0. The fourth-order valence-corrected chi connectivity index (χ4v) is 1.43. The molecule has 0 fully saturated rings. The van der Waals surface area contributed by atoms with Crippen molar-refractivity contribution in [3.8, 4) is 5.75 Å². The first-order valence-corrected chi connectivity index (χ1v) is 5.18. The van der Waals surface area contributed by atoms with Crippen LogP contribution in [0.2, 0.25) is 0 Å². The molecule has 0 saturated heterocycles. The quantitative estimate of drug-likeness (QED) is 0.799. The first-order valence-electron chi connectivity index (χ1n) is 5.18. The molecule has 2 aromatic carbocycles. The van der Waals surface area contributed by atoms with Crippen molar-refractivity contribution in [1.29, 1.82) is 0 Å². The molecular weight excluding hydrogens is 219 g/mol. The van der Waals surface area contributed by atoms with E-state index in [1.165, 1.54) is 12.1 Å². The molecule has 0 spiro atoms. The van der Waals surface area contributed by atoms with Crippen LogP contribution in [0.15, 0.2) is 42.5 Å². The monoisotopic (exact) mass is 232 g/mol. The third kappa shape index (κ3) is 2.47. The zero-order valence-electron chi connectivity index (χ0n) is 9.19. The number of benzene rings is 2. The second-order valence-electron chi connectivity index (χ2n) is 3.65. The molecular formula is C13H13FN2O. The first kappa shape index (κ1) is 11.3. The second-order valence-corrected chi connectivity index (χ2v) is 3.65. The van der Waals surface area contributed by atoms with Gasteiger partial charge in [-0.1, -0.05) is 30.3 Å². The normalized spacial score (nSPS) is 10.2. The lowest BCUT2D eigenvalue weighted by Gasteiger charge is -2.09. The number of rotatable bonds is 3. The summed E-state index contributed by atoms with van der Waals surface area (Å²) in [6, 6.07) is 12.5. The molecule has 4 heteroatoms. The van der Waals surface area contributed by atoms with Crippen LogP contribution in [0, 0.1) is 5.82 Å². The summed E-state index contributed by atoms with van der Waals surface area (Å²) in [6.45, 7) is 0.293. The largest absolute Gasteiger partial charge is 0.486 e. The van der Waals surface area contributed by atoms with E-state index in [0.717, 1.165) is 5.56 Å². The van der Waals surface area contributed by atoms with Gasteiger partial charge in [-0.3, -0.25) is 0 Å². The Morgan fingerprint density at radius 1 is 1.00 bits per heavy atom. The van der Waals surface area contributed by atoms with E-state index in [4.69, 9.17) is 16.2 Å². The third-order valence-electron chi connectivity index (χ3n) is 2.42. The lowest BCUT2D eigenvalue weighted by Crippen LogP contribution is -2.02. The summed E-state index contributed by atoms with van der Waals surface area (Å²) in [5.74, 6) is -0.499. The Balaban J connectivity index is 2.13. The van der Waals surface area contributed by atoms with Gasteiger partial charge in [-0.05, 0) is 17.7 Å². The Morgan fingerprint density at radius 2 is 1.71 bits per heavy atom. The molecule has 0 saturated carbocycles. The van der Waals surface area contributed by atoms with Crippen LogP contribution in [0.4, 0.5) is 15.8 Å². The van der Waals surface area contributed by atoms with Crippen molar-refractivity contribution in [2.75, 3.05) is 11.5 Å². The highest BCUT2D eigenvalue weighted by Gasteiger charge is 2.09. The molecule has 0 aliphatic rings. The van der Waals surface area contributed by atoms with Crippen molar-refractivity contribution >= 4 is 11.4 Å². The van der Waals surface area contributed by atoms with E-state index in [9.17, 15) is 4.39 Å². The fraction of sp³-hybridized carbons (Fsp3) is 0.0769. The number of halogens is 1. The molecule has 88 valence electrons. The van der Waals surface area contributed by atoms with Crippen LogP contribution < -0.4 is 16.2 Å². The SMILES string of the molecule is Nc1ccc(OCc2ccccc2)c(F)c1N. The van der Waals surface area contributed by atoms with Crippen molar-refractivity contribution in [1.82, 2.24) is 0 Å². The predicted octanol–water partition coefficient (Wildman–Crippen LogP) is 2.57. The van der Waals surface area contributed by atoms with Gasteiger partial charge in [0.2, 0.25) is 0 Å². The summed E-state index contributed by atoms with van der Waals surface area (Å²) in [6.07, 6.45) is 0. The van der Waals surface area contributed by atoms with Crippen molar-refractivity contribution in [3.63, 3.8) is 0 Å². The molecule has 2 aromatic rings. The molecule has 17 heavy (non-hydrogen) atoms. The van der Waals surface area contributed by atoms with E-state index in [1.54, 1.807) is 0 Å². The maximum Gasteiger partial charge on any atom is 0.190 e. The highest BCUT2D eigenvalue weighted by atomic mass is 19.1. The van der Waals surface area contributed by atoms with E-state index >= 15 is 0 Å². The van der Waals surface area contributed by atoms with Gasteiger partial charge in [0.15, 0.2) is 11.6 Å². The van der Waals surface area contributed by atoms with E-state index in [-0.39, 0.29) is 17.1 Å². The Bertz CT molecular complexity index is 514. The lowest BCUT2D eigenvalue weighted by atomic mass is 10.2. The molecule has 0 aromatic heterocycles. The van der Waals surface area contributed by atoms with E-state index in [2.05, 4.69) is 0 Å². The zero-order valence-corrected chi connectivity index (χ0v) is 9.19. The standard InChI is InChI=1S/C13H13FN2O/c14-12-11(7-6-10(15)13(12)16)17-8-9-4-2-1-3-5-9/h1-7H,8,15-16H2. The van der Waals surface area contributed by atoms with E-state index < -0.39 is 5.82 Å². The Morgan fingerprint density at radius 3 is 2.41 bits per heavy atom. The molecule has 0 radical (unpaired) electrons. The summed E-state index contributed by atoms with van der Waals surface area (Å²) >= 11 is 0. The number of anilines is 2. The molecule has 3 nitrogen and oxygen atoms in total. The molecule has 0 atom stereocenters. The molecule has 0 amide bonds. The minimum absolute atomic E-state index is 0.0736. The van der Waals surface area contributed by atoms with Crippen LogP contribution in [0.1, 0.15) is 5.56 Å². The number of hydrogen-bond donors (Lipinski definition) is 2. The highest BCUT2D eigenvalue weighted by molar-refractivity contribution is 5.66. The fourth-order valence-electron chi connectivity index (χ4n) is 1.43. The second kappa shape index (κ2) is 4.74. The minimum Gasteiger partial charge on any atom is -0.486 e. The average Bonchev–Trinajstić information content (AvgIpc) is 2.36. The molecule has 0 aliphatic carbocycles. The molecule has 4 N–H and O–H groups in total. The van der Waals surface area contributed by atoms with Crippen molar-refractivity contribution < 1.29 is 9.13 Å². The van der Waals surface area contributed by atoms with Gasteiger partial charge in [-0.25, -0.2) is 4.39 Å². The molecule has 0 aliphatic heterocycles. The predicted molar refractivity (Wildman–Crippen MR) is 66.0 cm³/mol.